The van der Waals surface area contributed by atoms with Gasteiger partial charge in [-0.25, -0.2) is 9.69 Å². The molecule has 0 fully saturated rings. The molecule has 0 atom stereocenters. The van der Waals surface area contributed by atoms with Crippen molar-refractivity contribution in [2.45, 2.75) is 6.10 Å². The lowest BCUT2D eigenvalue weighted by Crippen LogP contribution is -2.29. The fraction of sp³-hybridized carbons (Fsp3) is 0.0312. The lowest BCUT2D eigenvalue weighted by molar-refractivity contribution is 0.0378. The first kappa shape index (κ1) is 22.4. The van der Waals surface area contributed by atoms with Crippen LogP contribution in [0.15, 0.2) is 121 Å². The molecule has 0 bridgehead atoms. The van der Waals surface area contributed by atoms with Crippen LogP contribution in [0.4, 0.5) is 5.69 Å². The fourth-order valence-electron chi connectivity index (χ4n) is 4.75. The van der Waals surface area contributed by atoms with Crippen LogP contribution >= 0.6 is 0 Å². The Bertz CT molecular complexity index is 1620. The Morgan fingerprint density at radius 2 is 1.22 bits per heavy atom. The van der Waals surface area contributed by atoms with Gasteiger partial charge in [0.05, 0.1) is 22.4 Å². The van der Waals surface area contributed by atoms with Gasteiger partial charge in [-0.15, -0.1) is 0 Å². The van der Waals surface area contributed by atoms with E-state index in [0.29, 0.717) is 5.69 Å². The molecule has 0 unspecified atom stereocenters. The summed E-state index contributed by atoms with van der Waals surface area (Å²) in [6.07, 6.45) is -0.618. The van der Waals surface area contributed by atoms with E-state index in [2.05, 4.69) is 0 Å². The van der Waals surface area contributed by atoms with Crippen LogP contribution in [0.1, 0.15) is 48.3 Å². The number of amides is 2. The van der Waals surface area contributed by atoms with Crippen LogP contribution < -0.4 is 4.90 Å². The third kappa shape index (κ3) is 3.96. The molecule has 0 spiro atoms. The SMILES string of the molecule is O=C(OC(c1ccccc1)c1ccccc1)c1ccc2c(c1)C(=O)N(c1cccc3ccccc13)C2=O. The van der Waals surface area contributed by atoms with Crippen LogP contribution in [0.25, 0.3) is 10.8 Å². The molecule has 1 aliphatic heterocycles. The Morgan fingerprint density at radius 1 is 0.622 bits per heavy atom. The highest BCUT2D eigenvalue weighted by Crippen LogP contribution is 2.34. The minimum atomic E-state index is -0.618. The smallest absolute Gasteiger partial charge is 0.339 e. The first-order chi connectivity index (χ1) is 18.1. The number of anilines is 1. The van der Waals surface area contributed by atoms with E-state index < -0.39 is 23.9 Å². The van der Waals surface area contributed by atoms with Crippen LogP contribution in [-0.4, -0.2) is 17.8 Å². The van der Waals surface area contributed by atoms with E-state index in [1.54, 1.807) is 6.07 Å². The van der Waals surface area contributed by atoms with Crippen LogP contribution in [0.3, 0.4) is 0 Å². The number of carbonyl (C=O) groups excluding carboxylic acids is 3. The summed E-state index contributed by atoms with van der Waals surface area (Å²) in [5.74, 6) is -1.46. The highest BCUT2D eigenvalue weighted by atomic mass is 16.5. The topological polar surface area (TPSA) is 63.7 Å². The molecule has 0 saturated carbocycles. The van der Waals surface area contributed by atoms with E-state index in [-0.39, 0.29) is 16.7 Å². The van der Waals surface area contributed by atoms with Gasteiger partial charge in [-0.2, -0.15) is 0 Å². The summed E-state index contributed by atoms with van der Waals surface area (Å²) < 4.78 is 5.95. The molecule has 5 aromatic rings. The summed E-state index contributed by atoms with van der Waals surface area (Å²) >= 11 is 0. The number of nitrogens with zero attached hydrogens (tertiary/aromatic N) is 1. The summed E-state index contributed by atoms with van der Waals surface area (Å²) in [5, 5.41) is 1.72. The minimum Gasteiger partial charge on any atom is -0.449 e. The van der Waals surface area contributed by atoms with Gasteiger partial charge in [-0.3, -0.25) is 9.59 Å². The van der Waals surface area contributed by atoms with Gasteiger partial charge in [0.2, 0.25) is 0 Å². The van der Waals surface area contributed by atoms with Crippen molar-refractivity contribution < 1.29 is 19.1 Å². The average Bonchev–Trinajstić information content (AvgIpc) is 3.21. The fourth-order valence-corrected chi connectivity index (χ4v) is 4.75. The van der Waals surface area contributed by atoms with E-state index in [1.165, 1.54) is 23.1 Å². The van der Waals surface area contributed by atoms with Crippen molar-refractivity contribution in [2.75, 3.05) is 4.90 Å². The summed E-state index contributed by atoms with van der Waals surface area (Å²) in [6.45, 7) is 0. The normalized spacial score (nSPS) is 12.7. The van der Waals surface area contributed by atoms with Gasteiger partial charge in [-0.05, 0) is 40.8 Å². The zero-order chi connectivity index (χ0) is 25.4. The first-order valence-electron chi connectivity index (χ1n) is 11.9. The number of hydrogen-bond donors (Lipinski definition) is 0. The number of benzene rings is 5. The standard InChI is InChI=1S/C32H21NO4/c34-30-26-19-18-24(32(36)37-29(22-11-3-1-4-12-22)23-13-5-2-6-14-23)20-27(26)31(35)33(30)28-17-9-15-21-10-7-8-16-25(21)28/h1-20,29H. The monoisotopic (exact) mass is 483 g/mol. The molecule has 178 valence electrons. The lowest BCUT2D eigenvalue weighted by atomic mass is 10.0. The van der Waals surface area contributed by atoms with Crippen molar-refractivity contribution in [1.82, 2.24) is 0 Å². The summed E-state index contributed by atoms with van der Waals surface area (Å²) in [5.41, 5.74) is 2.83. The summed E-state index contributed by atoms with van der Waals surface area (Å²) in [4.78, 5) is 41.2. The molecule has 5 nitrogen and oxygen atoms in total. The Kier molecular flexibility index (Phi) is 5.58. The highest BCUT2D eigenvalue weighted by molar-refractivity contribution is 6.36. The number of ether oxygens (including phenoxy) is 1. The Hall–Kier alpha value is -5.03. The quantitative estimate of drug-likeness (QED) is 0.209. The predicted molar refractivity (Wildman–Crippen MR) is 142 cm³/mol. The molecular weight excluding hydrogens is 462 g/mol. The Balaban J connectivity index is 1.33. The van der Waals surface area contributed by atoms with Crippen molar-refractivity contribution in [2.24, 2.45) is 0 Å². The van der Waals surface area contributed by atoms with Gasteiger partial charge in [0, 0.05) is 5.39 Å². The number of hydrogen-bond acceptors (Lipinski definition) is 4. The Morgan fingerprint density at radius 3 is 1.92 bits per heavy atom. The molecule has 37 heavy (non-hydrogen) atoms. The molecule has 0 N–H and O–H groups in total. The molecule has 6 rings (SSSR count). The van der Waals surface area contributed by atoms with Gasteiger partial charge in [0.1, 0.15) is 0 Å². The zero-order valence-corrected chi connectivity index (χ0v) is 19.7. The molecule has 2 amide bonds. The Labute approximate surface area is 213 Å². The van der Waals surface area contributed by atoms with Crippen molar-refractivity contribution >= 4 is 34.2 Å². The van der Waals surface area contributed by atoms with Crippen LogP contribution in [-0.2, 0) is 4.74 Å². The van der Waals surface area contributed by atoms with Crippen LogP contribution in [0.2, 0.25) is 0 Å². The third-order valence-corrected chi connectivity index (χ3v) is 6.56. The summed E-state index contributed by atoms with van der Waals surface area (Å²) in [7, 11) is 0. The van der Waals surface area contributed by atoms with Crippen LogP contribution in [0.5, 0.6) is 0 Å². The van der Waals surface area contributed by atoms with Crippen molar-refractivity contribution in [1.29, 1.82) is 0 Å². The second-order valence-corrected chi connectivity index (χ2v) is 8.81. The molecule has 0 saturated heterocycles. The molecule has 5 heteroatoms. The average molecular weight is 484 g/mol. The van der Waals surface area contributed by atoms with E-state index in [9.17, 15) is 14.4 Å². The molecule has 1 aliphatic rings. The molecule has 1 heterocycles. The molecular formula is C32H21NO4. The van der Waals surface area contributed by atoms with E-state index in [1.807, 2.05) is 97.1 Å². The second kappa shape index (κ2) is 9.21. The number of imide groups is 1. The van der Waals surface area contributed by atoms with Crippen molar-refractivity contribution in [3.05, 3.63) is 149 Å². The van der Waals surface area contributed by atoms with Crippen molar-refractivity contribution in [3.8, 4) is 0 Å². The first-order valence-corrected chi connectivity index (χ1v) is 11.9. The number of rotatable bonds is 5. The molecule has 0 aliphatic carbocycles. The highest BCUT2D eigenvalue weighted by Gasteiger charge is 2.38. The second-order valence-electron chi connectivity index (χ2n) is 8.81. The van der Waals surface area contributed by atoms with Gasteiger partial charge in [0.15, 0.2) is 6.10 Å². The van der Waals surface area contributed by atoms with Crippen molar-refractivity contribution in [3.63, 3.8) is 0 Å². The summed E-state index contributed by atoms with van der Waals surface area (Å²) in [6, 6.07) is 36.6. The van der Waals surface area contributed by atoms with Gasteiger partial charge in [-0.1, -0.05) is 97.1 Å². The van der Waals surface area contributed by atoms with E-state index in [0.717, 1.165) is 21.9 Å². The molecule has 0 aromatic heterocycles. The molecule has 0 radical (unpaired) electrons. The largest absolute Gasteiger partial charge is 0.449 e. The van der Waals surface area contributed by atoms with Gasteiger partial charge in [0.25, 0.3) is 11.8 Å². The van der Waals surface area contributed by atoms with E-state index >= 15 is 0 Å². The number of carbonyl (C=O) groups is 3. The zero-order valence-electron chi connectivity index (χ0n) is 19.7. The minimum absolute atomic E-state index is 0.184. The molecule has 5 aromatic carbocycles. The lowest BCUT2D eigenvalue weighted by Gasteiger charge is -2.19. The number of fused-ring (bicyclic) bond motifs is 2. The van der Waals surface area contributed by atoms with Gasteiger partial charge < -0.3 is 4.74 Å². The number of esters is 1. The van der Waals surface area contributed by atoms with Gasteiger partial charge >= 0.3 is 5.97 Å². The maximum absolute atomic E-state index is 13.4. The maximum atomic E-state index is 13.4. The maximum Gasteiger partial charge on any atom is 0.339 e. The third-order valence-electron chi connectivity index (χ3n) is 6.56. The van der Waals surface area contributed by atoms with E-state index in [4.69, 9.17) is 4.74 Å². The van der Waals surface area contributed by atoms with Crippen LogP contribution in [0, 0.1) is 0 Å². The predicted octanol–water partition coefficient (Wildman–Crippen LogP) is 6.59.